The molecule has 0 radical (unpaired) electrons. The topological polar surface area (TPSA) is 133 Å². The lowest BCUT2D eigenvalue weighted by Gasteiger charge is -2.46. The van der Waals surface area contributed by atoms with E-state index in [1.165, 1.54) is 22.9 Å². The van der Waals surface area contributed by atoms with Crippen LogP contribution in [-0.2, 0) is 23.8 Å². The van der Waals surface area contributed by atoms with Crippen molar-refractivity contribution in [3.05, 3.63) is 53.8 Å². The molecule has 1 aromatic heterocycles. The highest BCUT2D eigenvalue weighted by molar-refractivity contribution is 8.09. The molecule has 242 valence electrons. The predicted molar refractivity (Wildman–Crippen MR) is 165 cm³/mol. The number of methoxy groups -OCH3 is 2. The van der Waals surface area contributed by atoms with E-state index < -0.39 is 29.0 Å². The largest absolute Gasteiger partial charge is 0.496 e. The number of rotatable bonds is 13. The molecule has 1 N–H and O–H groups in total. The Labute approximate surface area is 266 Å². The number of carbonyl (C=O) groups excluding carboxylic acids is 3. The van der Waals surface area contributed by atoms with E-state index in [1.807, 2.05) is 31.2 Å². The molecule has 3 atom stereocenters. The van der Waals surface area contributed by atoms with E-state index in [1.54, 1.807) is 25.3 Å². The first-order valence-electron chi connectivity index (χ1n) is 15.4. The Bertz CT molecular complexity index is 1420. The molecule has 3 unspecified atom stereocenters. The first-order valence-corrected chi connectivity index (χ1v) is 16.3. The number of aromatic nitrogens is 1. The SMILES string of the molecule is COCCNC(=O)CC1(N2C(=O)C3C(C)=C(c4ncco4)SC3N(CC(OC3CCOCC3)c3ccccc3OC)C2=O)CC1. The second-order valence-corrected chi connectivity index (χ2v) is 13.0. The van der Waals surface area contributed by atoms with Crippen molar-refractivity contribution in [2.45, 2.75) is 62.1 Å². The minimum absolute atomic E-state index is 0.0381. The van der Waals surface area contributed by atoms with Gasteiger partial charge in [-0.15, -0.1) is 0 Å². The summed E-state index contributed by atoms with van der Waals surface area (Å²) in [5, 5.41) is 2.31. The number of thioether (sulfide) groups is 1. The zero-order chi connectivity index (χ0) is 31.6. The summed E-state index contributed by atoms with van der Waals surface area (Å²) in [6, 6.07) is 7.23. The fourth-order valence-corrected chi connectivity index (χ4v) is 8.00. The number of hydrogen-bond donors (Lipinski definition) is 1. The van der Waals surface area contributed by atoms with Gasteiger partial charge >= 0.3 is 6.03 Å². The van der Waals surface area contributed by atoms with Gasteiger partial charge in [-0.1, -0.05) is 30.0 Å². The number of carbonyl (C=O) groups is 3. The van der Waals surface area contributed by atoms with Crippen LogP contribution in [0.1, 0.15) is 56.6 Å². The minimum Gasteiger partial charge on any atom is -0.496 e. The number of urea groups is 1. The molecule has 13 heteroatoms. The van der Waals surface area contributed by atoms with Crippen LogP contribution in [0.3, 0.4) is 0 Å². The second-order valence-electron chi connectivity index (χ2n) is 11.9. The summed E-state index contributed by atoms with van der Waals surface area (Å²) in [4.78, 5) is 50.1. The molecule has 4 heterocycles. The molecule has 4 aliphatic rings. The Kier molecular flexibility index (Phi) is 9.50. The molecule has 0 spiro atoms. The third kappa shape index (κ3) is 6.35. The first-order chi connectivity index (χ1) is 21.9. The lowest BCUT2D eigenvalue weighted by Crippen LogP contribution is -2.64. The smallest absolute Gasteiger partial charge is 0.328 e. The van der Waals surface area contributed by atoms with Gasteiger partial charge in [-0.2, -0.15) is 0 Å². The highest BCUT2D eigenvalue weighted by Gasteiger charge is 2.62. The fraction of sp³-hybridized carbons (Fsp3) is 0.562. The number of hydrogen-bond acceptors (Lipinski definition) is 10. The fourth-order valence-electron chi connectivity index (χ4n) is 6.48. The van der Waals surface area contributed by atoms with Gasteiger partial charge in [0.05, 0.1) is 60.7 Å². The average Bonchev–Trinajstić information content (AvgIpc) is 3.42. The van der Waals surface area contributed by atoms with Gasteiger partial charge in [-0.25, -0.2) is 9.78 Å². The van der Waals surface area contributed by atoms with Crippen LogP contribution in [0, 0.1) is 5.92 Å². The molecule has 1 aliphatic carbocycles. The van der Waals surface area contributed by atoms with Crippen molar-refractivity contribution in [3.8, 4) is 5.75 Å². The number of ether oxygens (including phenoxy) is 4. The molecule has 3 fully saturated rings. The van der Waals surface area contributed by atoms with E-state index in [0.717, 1.165) is 28.9 Å². The Morgan fingerprint density at radius 3 is 2.67 bits per heavy atom. The molecule has 1 saturated carbocycles. The van der Waals surface area contributed by atoms with Gasteiger partial charge in [0, 0.05) is 32.4 Å². The van der Waals surface area contributed by atoms with Crippen molar-refractivity contribution >= 4 is 34.5 Å². The first kappa shape index (κ1) is 31.6. The highest BCUT2D eigenvalue weighted by atomic mass is 32.2. The maximum Gasteiger partial charge on any atom is 0.328 e. The Hall–Kier alpha value is -3.39. The van der Waals surface area contributed by atoms with Gasteiger partial charge in [0.15, 0.2) is 0 Å². The van der Waals surface area contributed by atoms with Crippen molar-refractivity contribution in [3.63, 3.8) is 0 Å². The van der Waals surface area contributed by atoms with E-state index in [0.29, 0.717) is 50.8 Å². The predicted octanol–water partition coefficient (Wildman–Crippen LogP) is 3.99. The third-order valence-corrected chi connectivity index (χ3v) is 10.5. The molecular formula is C32H40N4O8S. The normalized spacial score (nSPS) is 23.7. The van der Waals surface area contributed by atoms with Gasteiger partial charge in [0.2, 0.25) is 17.7 Å². The van der Waals surface area contributed by atoms with Crippen LogP contribution >= 0.6 is 11.8 Å². The summed E-state index contributed by atoms with van der Waals surface area (Å²) in [6.07, 6.45) is 5.09. The van der Waals surface area contributed by atoms with Crippen molar-refractivity contribution < 1.29 is 37.7 Å². The third-order valence-electron chi connectivity index (χ3n) is 9.00. The maximum atomic E-state index is 14.6. The highest BCUT2D eigenvalue weighted by Crippen LogP contribution is 2.55. The summed E-state index contributed by atoms with van der Waals surface area (Å²) in [5.41, 5.74) is 0.727. The lowest BCUT2D eigenvalue weighted by atomic mass is 9.93. The van der Waals surface area contributed by atoms with Gasteiger partial charge in [-0.05, 0) is 44.2 Å². The van der Waals surface area contributed by atoms with E-state index in [9.17, 15) is 14.4 Å². The minimum atomic E-state index is -0.882. The van der Waals surface area contributed by atoms with Gasteiger partial charge < -0.3 is 33.6 Å². The molecule has 2 aromatic rings. The number of nitrogens with one attached hydrogen (secondary N) is 1. The van der Waals surface area contributed by atoms with E-state index in [4.69, 9.17) is 23.4 Å². The van der Waals surface area contributed by atoms with Crippen LogP contribution in [0.25, 0.3) is 4.91 Å². The maximum absolute atomic E-state index is 14.6. The van der Waals surface area contributed by atoms with Crippen molar-refractivity contribution in [2.24, 2.45) is 5.92 Å². The molecule has 12 nitrogen and oxygen atoms in total. The van der Waals surface area contributed by atoms with Crippen molar-refractivity contribution in [1.82, 2.24) is 20.1 Å². The molecule has 1 aromatic carbocycles. The van der Waals surface area contributed by atoms with Crippen LogP contribution in [0.4, 0.5) is 4.79 Å². The number of fused-ring (bicyclic) bond motifs is 1. The van der Waals surface area contributed by atoms with Crippen molar-refractivity contribution in [1.29, 1.82) is 0 Å². The van der Waals surface area contributed by atoms with Gasteiger partial charge in [0.1, 0.15) is 18.1 Å². The van der Waals surface area contributed by atoms with Crippen LogP contribution in [-0.4, -0.2) is 96.8 Å². The molecular weight excluding hydrogens is 600 g/mol. The number of amides is 4. The zero-order valence-electron chi connectivity index (χ0n) is 25.9. The number of imide groups is 1. The summed E-state index contributed by atoms with van der Waals surface area (Å²) >= 11 is 1.41. The van der Waals surface area contributed by atoms with E-state index in [2.05, 4.69) is 10.3 Å². The number of para-hydroxylation sites is 1. The number of nitrogens with zero attached hydrogens (tertiary/aromatic N) is 3. The number of oxazole rings is 1. The van der Waals surface area contributed by atoms with Crippen LogP contribution in [0.2, 0.25) is 0 Å². The quantitative estimate of drug-likeness (QED) is 0.321. The molecule has 2 saturated heterocycles. The standard InChI is InChI=1S/C32H40N4O8S/c1-20-26-29(38)36(32(10-11-32)18-25(37)33-12-16-40-2)31(39)35(30(26)45-27(20)28-34-13-17-43-28)19-24(44-21-8-14-42-15-9-21)22-6-4-5-7-23(22)41-3/h4-7,13,17,21,24,26,30H,8-12,14-16,18-19H2,1-3H3,(H,33,37). The summed E-state index contributed by atoms with van der Waals surface area (Å²) in [6.45, 7) is 4.01. The van der Waals surface area contributed by atoms with E-state index in [-0.39, 0.29) is 30.9 Å². The van der Waals surface area contributed by atoms with Gasteiger partial charge in [-0.3, -0.25) is 14.5 Å². The Balaban J connectivity index is 1.35. The van der Waals surface area contributed by atoms with E-state index >= 15 is 0 Å². The Morgan fingerprint density at radius 1 is 1.20 bits per heavy atom. The molecule has 3 aliphatic heterocycles. The second kappa shape index (κ2) is 13.5. The summed E-state index contributed by atoms with van der Waals surface area (Å²) in [7, 11) is 3.18. The zero-order valence-corrected chi connectivity index (χ0v) is 26.7. The van der Waals surface area contributed by atoms with Crippen LogP contribution in [0.5, 0.6) is 5.75 Å². The average molecular weight is 641 g/mol. The monoisotopic (exact) mass is 640 g/mol. The van der Waals surface area contributed by atoms with Gasteiger partial charge in [0.25, 0.3) is 0 Å². The van der Waals surface area contributed by atoms with Crippen LogP contribution < -0.4 is 10.1 Å². The van der Waals surface area contributed by atoms with Crippen LogP contribution in [0.15, 0.2) is 46.7 Å². The Morgan fingerprint density at radius 2 is 1.98 bits per heavy atom. The summed E-state index contributed by atoms with van der Waals surface area (Å²) < 4.78 is 28.7. The molecule has 4 amide bonds. The molecule has 6 rings (SSSR count). The summed E-state index contributed by atoms with van der Waals surface area (Å²) in [5.74, 6) is -0.0814. The lowest BCUT2D eigenvalue weighted by molar-refractivity contribution is -0.140. The molecule has 45 heavy (non-hydrogen) atoms. The number of benzene rings is 1. The molecule has 0 bridgehead atoms. The van der Waals surface area contributed by atoms with Crippen molar-refractivity contribution in [2.75, 3.05) is 47.1 Å².